The fourth-order valence-corrected chi connectivity index (χ4v) is 7.37. The molecule has 1 saturated heterocycles. The van der Waals surface area contributed by atoms with E-state index in [-0.39, 0.29) is 49.3 Å². The molecule has 0 bridgehead atoms. The normalized spacial score (nSPS) is 21.5. The number of likely N-dealkylation sites (tertiary alicyclic amines) is 1. The molecule has 0 spiro atoms. The summed E-state index contributed by atoms with van der Waals surface area (Å²) in [7, 11) is 1.52. The number of fused-ring (bicyclic) bond motifs is 1. The molecule has 1 aromatic carbocycles. The summed E-state index contributed by atoms with van der Waals surface area (Å²) >= 11 is 0. The minimum absolute atomic E-state index is 0.0400. The number of hydrogen-bond acceptors (Lipinski definition) is 10. The van der Waals surface area contributed by atoms with Gasteiger partial charge >= 0.3 is 0 Å². The largest absolute Gasteiger partial charge is 0.359 e. The third-order valence-corrected chi connectivity index (χ3v) is 10.3. The number of ketones is 1. The number of benzene rings is 1. The minimum atomic E-state index is -1.12. The van der Waals surface area contributed by atoms with Crippen molar-refractivity contribution in [1.82, 2.24) is 36.1 Å². The van der Waals surface area contributed by atoms with Gasteiger partial charge in [0.15, 0.2) is 0 Å². The maximum atomic E-state index is 14.6. The Morgan fingerprint density at radius 1 is 0.870 bits per heavy atom. The maximum Gasteiger partial charge on any atom is 0.290 e. The molecule has 1 aliphatic carbocycles. The summed E-state index contributed by atoms with van der Waals surface area (Å²) in [5.74, 6) is -5.05. The number of hydrogen-bond donors (Lipinski definition) is 4. The van der Waals surface area contributed by atoms with Gasteiger partial charge in [-0.2, -0.15) is 0 Å². The standard InChI is InChI=1S/C39H55N7O8/c1-8-12-28(34(47)38(51)42-24(6)25-13-10-9-11-14-25)43-37(50)33-26-15-16-30(54-21-53-7)27(26)20-46(33)39(52)32(23(4)5)45-36(49)31(22(2)3)44-35(48)29-19-40-17-18-41-29/h9-11,13-14,17-19,22-24,26-28,30-33H,8,12,15-16,20-21H2,1-7H3,(H,42,51)(H,43,50)(H,44,48)(H,45,49)/t24-,26-,27-,28?,30+,31+,32-,33-/m0/s1. The average Bonchev–Trinajstić information content (AvgIpc) is 3.74. The fraction of sp³-hybridized carbons (Fsp3) is 0.590. The van der Waals surface area contributed by atoms with Gasteiger partial charge in [-0.25, -0.2) is 4.98 Å². The average molecular weight is 750 g/mol. The Morgan fingerprint density at radius 3 is 2.19 bits per heavy atom. The van der Waals surface area contributed by atoms with Gasteiger partial charge in [0.1, 0.15) is 30.6 Å². The van der Waals surface area contributed by atoms with Crippen LogP contribution in [0, 0.1) is 23.7 Å². The van der Waals surface area contributed by atoms with Crippen LogP contribution in [0.5, 0.6) is 0 Å². The molecule has 8 atom stereocenters. The van der Waals surface area contributed by atoms with Crippen LogP contribution < -0.4 is 21.3 Å². The lowest BCUT2D eigenvalue weighted by molar-refractivity contribution is -0.145. The Morgan fingerprint density at radius 2 is 1.57 bits per heavy atom. The van der Waals surface area contributed by atoms with E-state index in [1.165, 1.54) is 30.6 Å². The maximum absolute atomic E-state index is 14.6. The third-order valence-electron chi connectivity index (χ3n) is 10.3. The zero-order valence-electron chi connectivity index (χ0n) is 32.2. The number of carbonyl (C=O) groups is 6. The quantitative estimate of drug-likeness (QED) is 0.130. The lowest BCUT2D eigenvalue weighted by Gasteiger charge is -2.34. The van der Waals surface area contributed by atoms with Gasteiger partial charge in [0.05, 0.1) is 24.4 Å². The van der Waals surface area contributed by atoms with Gasteiger partial charge in [-0.1, -0.05) is 71.4 Å². The third kappa shape index (κ3) is 10.3. The number of nitrogens with one attached hydrogen (secondary N) is 4. The molecular weight excluding hydrogens is 694 g/mol. The molecule has 4 rings (SSSR count). The van der Waals surface area contributed by atoms with Gasteiger partial charge in [-0.3, -0.25) is 33.8 Å². The van der Waals surface area contributed by atoms with Crippen molar-refractivity contribution in [2.75, 3.05) is 20.4 Å². The molecule has 2 heterocycles. The van der Waals surface area contributed by atoms with E-state index in [9.17, 15) is 28.8 Å². The predicted octanol–water partition coefficient (Wildman–Crippen LogP) is 2.33. The first-order valence-corrected chi connectivity index (χ1v) is 18.8. The molecule has 2 aliphatic rings. The van der Waals surface area contributed by atoms with Crippen molar-refractivity contribution >= 4 is 35.3 Å². The molecule has 2 fully saturated rings. The molecule has 294 valence electrons. The minimum Gasteiger partial charge on any atom is -0.359 e. The summed E-state index contributed by atoms with van der Waals surface area (Å²) < 4.78 is 11.1. The van der Waals surface area contributed by atoms with Gasteiger partial charge in [0.25, 0.3) is 11.8 Å². The topological polar surface area (TPSA) is 198 Å². The van der Waals surface area contributed by atoms with Gasteiger partial charge in [-0.15, -0.1) is 0 Å². The smallest absolute Gasteiger partial charge is 0.290 e. The highest BCUT2D eigenvalue weighted by Crippen LogP contribution is 2.44. The Balaban J connectivity index is 1.56. The highest BCUT2D eigenvalue weighted by atomic mass is 16.7. The molecule has 54 heavy (non-hydrogen) atoms. The van der Waals surface area contributed by atoms with Gasteiger partial charge < -0.3 is 35.6 Å². The molecule has 1 unspecified atom stereocenters. The first kappa shape index (κ1) is 42.0. The number of aromatic nitrogens is 2. The number of Topliss-reactive ketones (excluding diaryl/α,β-unsaturated/α-hetero) is 1. The number of methoxy groups -OCH3 is 1. The molecule has 1 aromatic heterocycles. The van der Waals surface area contributed by atoms with E-state index >= 15 is 0 Å². The van der Waals surface area contributed by atoms with Crippen molar-refractivity contribution < 1.29 is 38.2 Å². The highest BCUT2D eigenvalue weighted by Gasteiger charge is 2.55. The summed E-state index contributed by atoms with van der Waals surface area (Å²) in [5.41, 5.74) is 0.866. The van der Waals surface area contributed by atoms with Crippen molar-refractivity contribution in [2.24, 2.45) is 23.7 Å². The van der Waals surface area contributed by atoms with Crippen LogP contribution in [-0.4, -0.2) is 101 Å². The second-order valence-corrected chi connectivity index (χ2v) is 14.8. The first-order valence-electron chi connectivity index (χ1n) is 18.8. The van der Waals surface area contributed by atoms with Gasteiger partial charge in [0.2, 0.25) is 23.5 Å². The second kappa shape index (κ2) is 19.5. The first-order chi connectivity index (χ1) is 25.8. The Labute approximate surface area is 317 Å². The van der Waals surface area contributed by atoms with Crippen LogP contribution in [0.2, 0.25) is 0 Å². The SMILES string of the molecule is CCCC(NC(=O)[C@@H]1[C@H]2CC[C@@H](OCOC)[C@H]2CN1C(=O)[C@@H](NC(=O)[C@H](NC(=O)c1cnccn1)C(C)C)C(C)C)C(=O)C(=O)N[C@@H](C)c1ccccc1. The van der Waals surface area contributed by atoms with Crippen LogP contribution in [-0.2, 0) is 33.4 Å². The Kier molecular flexibility index (Phi) is 15.2. The molecule has 2 aromatic rings. The van der Waals surface area contributed by atoms with Gasteiger partial charge in [-0.05, 0) is 49.5 Å². The van der Waals surface area contributed by atoms with E-state index in [0.717, 1.165) is 5.56 Å². The predicted molar refractivity (Wildman–Crippen MR) is 198 cm³/mol. The lowest BCUT2D eigenvalue weighted by atomic mass is 9.92. The van der Waals surface area contributed by atoms with Crippen molar-refractivity contribution in [3.63, 3.8) is 0 Å². The number of amides is 5. The number of ether oxygens (including phenoxy) is 2. The molecule has 1 aliphatic heterocycles. The monoisotopic (exact) mass is 749 g/mol. The van der Waals surface area contributed by atoms with E-state index in [4.69, 9.17) is 9.47 Å². The van der Waals surface area contributed by atoms with Crippen LogP contribution in [0.15, 0.2) is 48.9 Å². The molecule has 1 saturated carbocycles. The summed E-state index contributed by atoms with van der Waals surface area (Å²) in [6.07, 6.45) is 5.76. The van der Waals surface area contributed by atoms with Crippen molar-refractivity contribution in [1.29, 1.82) is 0 Å². The van der Waals surface area contributed by atoms with Crippen LogP contribution in [0.25, 0.3) is 0 Å². The summed E-state index contributed by atoms with van der Waals surface area (Å²) in [6.45, 7) is 11.0. The molecule has 15 nitrogen and oxygen atoms in total. The van der Waals surface area contributed by atoms with Crippen molar-refractivity contribution in [3.05, 3.63) is 60.2 Å². The zero-order valence-corrected chi connectivity index (χ0v) is 32.2. The van der Waals surface area contributed by atoms with E-state index in [2.05, 4.69) is 31.2 Å². The number of nitrogens with zero attached hydrogens (tertiary/aromatic N) is 3. The molecular formula is C39H55N7O8. The summed E-state index contributed by atoms with van der Waals surface area (Å²) in [5, 5.41) is 11.1. The highest BCUT2D eigenvalue weighted by molar-refractivity contribution is 6.38. The van der Waals surface area contributed by atoms with E-state index in [0.29, 0.717) is 19.3 Å². The summed E-state index contributed by atoms with van der Waals surface area (Å²) in [4.78, 5) is 91.7. The van der Waals surface area contributed by atoms with Crippen LogP contribution in [0.3, 0.4) is 0 Å². The molecule has 4 N–H and O–H groups in total. The van der Waals surface area contributed by atoms with E-state index in [1.54, 1.807) is 34.6 Å². The molecule has 15 heteroatoms. The second-order valence-electron chi connectivity index (χ2n) is 14.8. The Hall–Kier alpha value is -4.76. The zero-order chi connectivity index (χ0) is 39.5. The van der Waals surface area contributed by atoms with E-state index < -0.39 is 71.4 Å². The van der Waals surface area contributed by atoms with Crippen molar-refractivity contribution in [3.8, 4) is 0 Å². The van der Waals surface area contributed by atoms with E-state index in [1.807, 2.05) is 37.3 Å². The fourth-order valence-electron chi connectivity index (χ4n) is 7.37. The van der Waals surface area contributed by atoms with Gasteiger partial charge in [0, 0.05) is 32.0 Å². The lowest BCUT2D eigenvalue weighted by Crippen LogP contribution is -2.60. The van der Waals surface area contributed by atoms with Crippen molar-refractivity contribution in [2.45, 2.75) is 104 Å². The summed E-state index contributed by atoms with van der Waals surface area (Å²) in [6, 6.07) is 4.62. The molecule has 5 amide bonds. The number of rotatable bonds is 18. The Bertz CT molecular complexity index is 1610. The molecule has 0 radical (unpaired) electrons. The van der Waals surface area contributed by atoms with Crippen LogP contribution in [0.4, 0.5) is 0 Å². The van der Waals surface area contributed by atoms with Crippen LogP contribution >= 0.6 is 0 Å². The van der Waals surface area contributed by atoms with Crippen LogP contribution in [0.1, 0.15) is 89.3 Å². The number of carbonyl (C=O) groups excluding carboxylic acids is 6.